The summed E-state index contributed by atoms with van der Waals surface area (Å²) in [6, 6.07) is 11.4. The largest absolute Gasteiger partial charge is 0.399 e. The van der Waals surface area contributed by atoms with Gasteiger partial charge in [0.05, 0.1) is 5.69 Å². The zero-order valence-corrected chi connectivity index (χ0v) is 9.14. The van der Waals surface area contributed by atoms with Gasteiger partial charge in [0, 0.05) is 11.4 Å². The number of aryl methyl sites for hydroxylation is 1. The van der Waals surface area contributed by atoms with Crippen LogP contribution in [0.5, 0.6) is 0 Å². The highest BCUT2D eigenvalue weighted by Gasteiger charge is 1.97. The molecule has 1 aromatic heterocycles. The van der Waals surface area contributed by atoms with Crippen LogP contribution in [0.15, 0.2) is 36.4 Å². The average molecular weight is 214 g/mol. The molecule has 0 unspecified atom stereocenters. The van der Waals surface area contributed by atoms with Gasteiger partial charge in [-0.15, -0.1) is 5.10 Å². The molecule has 0 saturated carbocycles. The molecule has 0 aliphatic carbocycles. The molecule has 0 saturated heterocycles. The fourth-order valence-corrected chi connectivity index (χ4v) is 1.33. The topological polar surface area (TPSA) is 63.8 Å². The molecule has 3 N–H and O–H groups in total. The first-order valence-corrected chi connectivity index (χ1v) is 5.23. The number of nitrogens with zero attached hydrogens (tertiary/aromatic N) is 2. The first-order chi connectivity index (χ1) is 7.78. The van der Waals surface area contributed by atoms with E-state index in [0.717, 1.165) is 29.3 Å². The van der Waals surface area contributed by atoms with Gasteiger partial charge in [0.15, 0.2) is 5.82 Å². The second kappa shape index (κ2) is 4.61. The van der Waals surface area contributed by atoms with Gasteiger partial charge in [0.2, 0.25) is 0 Å². The van der Waals surface area contributed by atoms with Crippen molar-refractivity contribution in [3.05, 3.63) is 42.1 Å². The van der Waals surface area contributed by atoms with Crippen LogP contribution in [0.2, 0.25) is 0 Å². The summed E-state index contributed by atoms with van der Waals surface area (Å²) in [4.78, 5) is 0. The lowest BCUT2D eigenvalue weighted by molar-refractivity contribution is 0.924. The molecule has 0 radical (unpaired) electrons. The molecule has 0 atom stereocenters. The molecule has 4 heteroatoms. The van der Waals surface area contributed by atoms with Gasteiger partial charge in [-0.2, -0.15) is 5.10 Å². The fourth-order valence-electron chi connectivity index (χ4n) is 1.33. The number of nitrogens with two attached hydrogens (primary N) is 1. The second-order valence-corrected chi connectivity index (χ2v) is 3.51. The van der Waals surface area contributed by atoms with Crippen molar-refractivity contribution < 1.29 is 0 Å². The minimum Gasteiger partial charge on any atom is -0.399 e. The van der Waals surface area contributed by atoms with Crippen LogP contribution in [0.1, 0.15) is 12.6 Å². The van der Waals surface area contributed by atoms with E-state index in [1.807, 2.05) is 36.4 Å². The highest BCUT2D eigenvalue weighted by Crippen LogP contribution is 2.15. The Balaban J connectivity index is 2.11. The maximum absolute atomic E-state index is 5.60. The SMILES string of the molecule is CCc1ccc(Nc2ccc(N)cc2)nn1. The molecule has 2 aromatic rings. The minimum atomic E-state index is 0.738. The molecule has 0 aliphatic rings. The Labute approximate surface area is 94.5 Å². The first-order valence-electron chi connectivity index (χ1n) is 5.23. The van der Waals surface area contributed by atoms with Crippen LogP contribution in [0.3, 0.4) is 0 Å². The predicted octanol–water partition coefficient (Wildman–Crippen LogP) is 2.36. The van der Waals surface area contributed by atoms with Gasteiger partial charge in [0.25, 0.3) is 0 Å². The third kappa shape index (κ3) is 2.48. The highest BCUT2D eigenvalue weighted by molar-refractivity contribution is 5.58. The van der Waals surface area contributed by atoms with Gasteiger partial charge in [-0.1, -0.05) is 6.92 Å². The smallest absolute Gasteiger partial charge is 0.153 e. The van der Waals surface area contributed by atoms with E-state index in [-0.39, 0.29) is 0 Å². The monoisotopic (exact) mass is 214 g/mol. The van der Waals surface area contributed by atoms with E-state index in [0.29, 0.717) is 0 Å². The average Bonchev–Trinajstić information content (AvgIpc) is 2.33. The molecule has 0 amide bonds. The van der Waals surface area contributed by atoms with Gasteiger partial charge in [-0.05, 0) is 42.8 Å². The Morgan fingerprint density at radius 2 is 1.81 bits per heavy atom. The molecule has 1 heterocycles. The molecule has 0 fully saturated rings. The maximum Gasteiger partial charge on any atom is 0.153 e. The van der Waals surface area contributed by atoms with E-state index in [9.17, 15) is 0 Å². The predicted molar refractivity (Wildman–Crippen MR) is 65.5 cm³/mol. The Hall–Kier alpha value is -2.10. The number of aromatic nitrogens is 2. The Bertz CT molecular complexity index is 447. The maximum atomic E-state index is 5.60. The van der Waals surface area contributed by atoms with E-state index >= 15 is 0 Å². The van der Waals surface area contributed by atoms with E-state index in [2.05, 4.69) is 22.4 Å². The van der Waals surface area contributed by atoms with Crippen LogP contribution >= 0.6 is 0 Å². The standard InChI is InChI=1S/C12H14N4/c1-2-10-7-8-12(16-15-10)14-11-5-3-9(13)4-6-11/h3-8H,2,13H2,1H3,(H,14,16). The third-order valence-electron chi connectivity index (χ3n) is 2.27. The van der Waals surface area contributed by atoms with Crippen LogP contribution in [0.4, 0.5) is 17.2 Å². The van der Waals surface area contributed by atoms with Gasteiger partial charge in [0.1, 0.15) is 0 Å². The molecule has 16 heavy (non-hydrogen) atoms. The summed E-state index contributed by atoms with van der Waals surface area (Å²) in [7, 11) is 0. The van der Waals surface area contributed by atoms with Crippen molar-refractivity contribution in [3.63, 3.8) is 0 Å². The molecular weight excluding hydrogens is 200 g/mol. The number of nitrogens with one attached hydrogen (secondary N) is 1. The quantitative estimate of drug-likeness (QED) is 0.770. The molecule has 82 valence electrons. The van der Waals surface area contributed by atoms with Gasteiger partial charge < -0.3 is 11.1 Å². The third-order valence-corrected chi connectivity index (χ3v) is 2.27. The number of anilines is 3. The highest BCUT2D eigenvalue weighted by atomic mass is 15.2. The van der Waals surface area contributed by atoms with E-state index in [1.54, 1.807) is 0 Å². The van der Waals surface area contributed by atoms with E-state index in [1.165, 1.54) is 0 Å². The Morgan fingerprint density at radius 1 is 1.06 bits per heavy atom. The van der Waals surface area contributed by atoms with Crippen LogP contribution in [-0.2, 0) is 6.42 Å². The summed E-state index contributed by atoms with van der Waals surface area (Å²) in [6.45, 7) is 2.05. The zero-order chi connectivity index (χ0) is 11.4. The Morgan fingerprint density at radius 3 is 2.38 bits per heavy atom. The van der Waals surface area contributed by atoms with Crippen LogP contribution < -0.4 is 11.1 Å². The molecule has 0 aliphatic heterocycles. The fraction of sp³-hybridized carbons (Fsp3) is 0.167. The summed E-state index contributed by atoms with van der Waals surface area (Å²) in [5, 5.41) is 11.3. The molecule has 1 aromatic carbocycles. The van der Waals surface area contributed by atoms with Crippen molar-refractivity contribution >= 4 is 17.2 Å². The number of rotatable bonds is 3. The minimum absolute atomic E-state index is 0.738. The van der Waals surface area contributed by atoms with Crippen LogP contribution in [-0.4, -0.2) is 10.2 Å². The molecule has 0 bridgehead atoms. The summed E-state index contributed by atoms with van der Waals surface area (Å²) in [5.41, 5.74) is 8.29. The van der Waals surface area contributed by atoms with Crippen molar-refractivity contribution in [2.45, 2.75) is 13.3 Å². The second-order valence-electron chi connectivity index (χ2n) is 3.51. The van der Waals surface area contributed by atoms with Gasteiger partial charge in [-0.3, -0.25) is 0 Å². The lowest BCUT2D eigenvalue weighted by atomic mass is 10.3. The van der Waals surface area contributed by atoms with Crippen molar-refractivity contribution in [1.82, 2.24) is 10.2 Å². The van der Waals surface area contributed by atoms with Crippen molar-refractivity contribution in [3.8, 4) is 0 Å². The number of nitrogen functional groups attached to an aromatic ring is 1. The molecule has 2 rings (SSSR count). The Kier molecular flexibility index (Phi) is 3.00. The van der Waals surface area contributed by atoms with Crippen molar-refractivity contribution in [2.75, 3.05) is 11.1 Å². The van der Waals surface area contributed by atoms with Gasteiger partial charge in [-0.25, -0.2) is 0 Å². The number of benzene rings is 1. The van der Waals surface area contributed by atoms with E-state index < -0.39 is 0 Å². The van der Waals surface area contributed by atoms with Crippen molar-refractivity contribution in [2.24, 2.45) is 0 Å². The van der Waals surface area contributed by atoms with E-state index in [4.69, 9.17) is 5.73 Å². The van der Waals surface area contributed by atoms with Crippen LogP contribution in [0, 0.1) is 0 Å². The summed E-state index contributed by atoms with van der Waals surface area (Å²) in [5.74, 6) is 0.738. The number of hydrogen-bond acceptors (Lipinski definition) is 4. The zero-order valence-electron chi connectivity index (χ0n) is 9.14. The molecule has 4 nitrogen and oxygen atoms in total. The summed E-state index contributed by atoms with van der Waals surface area (Å²) < 4.78 is 0. The lowest BCUT2D eigenvalue weighted by Gasteiger charge is -2.05. The summed E-state index contributed by atoms with van der Waals surface area (Å²) >= 11 is 0. The van der Waals surface area contributed by atoms with Crippen LogP contribution in [0.25, 0.3) is 0 Å². The number of hydrogen-bond donors (Lipinski definition) is 2. The molecule has 0 spiro atoms. The van der Waals surface area contributed by atoms with Gasteiger partial charge >= 0.3 is 0 Å². The molecular formula is C12H14N4. The summed E-state index contributed by atoms with van der Waals surface area (Å²) in [6.07, 6.45) is 0.898. The van der Waals surface area contributed by atoms with Crippen molar-refractivity contribution in [1.29, 1.82) is 0 Å². The first kappa shape index (κ1) is 10.4. The lowest BCUT2D eigenvalue weighted by Crippen LogP contribution is -1.97. The normalized spacial score (nSPS) is 10.1.